The number of aromatic hydroxyl groups is 1. The summed E-state index contributed by atoms with van der Waals surface area (Å²) < 4.78 is 6.92. The highest BCUT2D eigenvalue weighted by Crippen LogP contribution is 2.37. The van der Waals surface area contributed by atoms with Crippen molar-refractivity contribution < 1.29 is 9.84 Å². The minimum Gasteiger partial charge on any atom is -0.507 e. The van der Waals surface area contributed by atoms with Gasteiger partial charge in [-0.25, -0.2) is 0 Å². The number of hydrogen-bond acceptors (Lipinski definition) is 3. The molecule has 1 heterocycles. The second-order valence-electron chi connectivity index (χ2n) is 4.54. The summed E-state index contributed by atoms with van der Waals surface area (Å²) in [5.41, 5.74) is 0.975. The van der Waals surface area contributed by atoms with E-state index in [2.05, 4.69) is 0 Å². The van der Waals surface area contributed by atoms with Crippen molar-refractivity contribution in [2.75, 3.05) is 7.11 Å². The van der Waals surface area contributed by atoms with Gasteiger partial charge < -0.3 is 14.4 Å². The number of phenols is 1. The van der Waals surface area contributed by atoms with Gasteiger partial charge in [0, 0.05) is 18.5 Å². The van der Waals surface area contributed by atoms with E-state index >= 15 is 0 Å². The Morgan fingerprint density at radius 1 is 1.30 bits per heavy atom. The fraction of sp³-hybridized carbons (Fsp3) is 0.133. The maximum atomic E-state index is 12.5. The number of ether oxygens (including phenoxy) is 1. The molecule has 102 valence electrons. The summed E-state index contributed by atoms with van der Waals surface area (Å²) in [7, 11) is 3.26. The van der Waals surface area contributed by atoms with Crippen molar-refractivity contribution in [3.8, 4) is 11.5 Å². The van der Waals surface area contributed by atoms with Crippen LogP contribution in [0, 0.1) is 0 Å². The molecule has 2 aromatic carbocycles. The number of fused-ring (bicyclic) bond motifs is 2. The molecule has 3 aromatic rings. The first-order valence-corrected chi connectivity index (χ1v) is 6.41. The number of methoxy groups -OCH3 is 1. The first kappa shape index (κ1) is 12.8. The van der Waals surface area contributed by atoms with E-state index in [4.69, 9.17) is 16.3 Å². The molecule has 0 spiro atoms. The summed E-state index contributed by atoms with van der Waals surface area (Å²) in [5, 5.41) is 11.2. The van der Waals surface area contributed by atoms with Crippen LogP contribution in [0.4, 0.5) is 0 Å². The second-order valence-corrected chi connectivity index (χ2v) is 4.92. The Morgan fingerprint density at radius 3 is 2.70 bits per heavy atom. The normalized spacial score (nSPS) is 11.2. The molecule has 0 bridgehead atoms. The third-order valence-electron chi connectivity index (χ3n) is 3.48. The number of rotatable bonds is 1. The molecule has 20 heavy (non-hydrogen) atoms. The summed E-state index contributed by atoms with van der Waals surface area (Å²) in [4.78, 5) is 12.5. The lowest BCUT2D eigenvalue weighted by atomic mass is 10.1. The lowest BCUT2D eigenvalue weighted by Gasteiger charge is -2.14. The number of pyridine rings is 1. The highest BCUT2D eigenvalue weighted by molar-refractivity contribution is 6.37. The number of phenolic OH excluding ortho intramolecular Hbond substituents is 1. The fourth-order valence-electron chi connectivity index (χ4n) is 2.51. The lowest BCUT2D eigenvalue weighted by molar-refractivity contribution is 0.409. The summed E-state index contributed by atoms with van der Waals surface area (Å²) in [6.45, 7) is 0. The Balaban J connectivity index is 2.70. The molecule has 0 unspecified atom stereocenters. The monoisotopic (exact) mass is 289 g/mol. The average Bonchev–Trinajstić information content (AvgIpc) is 2.46. The van der Waals surface area contributed by atoms with Gasteiger partial charge >= 0.3 is 0 Å². The van der Waals surface area contributed by atoms with Gasteiger partial charge in [-0.3, -0.25) is 4.79 Å². The quantitative estimate of drug-likeness (QED) is 0.701. The van der Waals surface area contributed by atoms with Crippen molar-refractivity contribution in [2.24, 2.45) is 7.05 Å². The molecule has 4 nitrogen and oxygen atoms in total. The molecule has 0 radical (unpaired) electrons. The van der Waals surface area contributed by atoms with Crippen LogP contribution in [0.1, 0.15) is 0 Å². The van der Waals surface area contributed by atoms with Gasteiger partial charge in [0.25, 0.3) is 0 Å². The minimum atomic E-state index is -0.240. The third kappa shape index (κ3) is 1.58. The molecule has 5 heteroatoms. The molecule has 0 amide bonds. The summed E-state index contributed by atoms with van der Waals surface area (Å²) >= 11 is 6.30. The number of halogens is 1. The maximum absolute atomic E-state index is 12.5. The van der Waals surface area contributed by atoms with E-state index < -0.39 is 0 Å². The number of para-hydroxylation sites is 1. The molecule has 0 atom stereocenters. The van der Waals surface area contributed by atoms with E-state index in [1.165, 1.54) is 13.2 Å². The SMILES string of the molecule is COc1cc(O)c2c(=O)c3ccccc3n(C)c2c1Cl. The van der Waals surface area contributed by atoms with Crippen molar-refractivity contribution >= 4 is 33.4 Å². The van der Waals surface area contributed by atoms with Crippen molar-refractivity contribution in [1.82, 2.24) is 4.57 Å². The molecular formula is C15H12ClNO3. The molecule has 0 aliphatic heterocycles. The Hall–Kier alpha value is -2.20. The van der Waals surface area contributed by atoms with E-state index in [-0.39, 0.29) is 16.6 Å². The second kappa shape index (κ2) is 4.42. The van der Waals surface area contributed by atoms with Gasteiger partial charge in [-0.1, -0.05) is 23.7 Å². The van der Waals surface area contributed by atoms with Crippen molar-refractivity contribution in [2.45, 2.75) is 0 Å². The lowest BCUT2D eigenvalue weighted by Crippen LogP contribution is -2.10. The summed E-state index contributed by atoms with van der Waals surface area (Å²) in [6.07, 6.45) is 0. The Labute approximate surface area is 119 Å². The largest absolute Gasteiger partial charge is 0.507 e. The van der Waals surface area contributed by atoms with Gasteiger partial charge in [0.1, 0.15) is 16.5 Å². The number of benzene rings is 2. The number of hydrogen-bond donors (Lipinski definition) is 1. The van der Waals surface area contributed by atoms with E-state index in [9.17, 15) is 9.90 Å². The van der Waals surface area contributed by atoms with Crippen LogP contribution in [0.3, 0.4) is 0 Å². The van der Waals surface area contributed by atoms with Crippen LogP contribution in [0.15, 0.2) is 35.1 Å². The first-order chi connectivity index (χ1) is 9.56. The zero-order valence-electron chi connectivity index (χ0n) is 11.0. The molecule has 0 aliphatic rings. The average molecular weight is 290 g/mol. The van der Waals surface area contributed by atoms with Gasteiger partial charge in [-0.15, -0.1) is 0 Å². The zero-order chi connectivity index (χ0) is 14.4. The Bertz CT molecular complexity index is 899. The van der Waals surface area contributed by atoms with Crippen LogP contribution < -0.4 is 10.2 Å². The van der Waals surface area contributed by atoms with Crippen LogP contribution in [-0.2, 0) is 7.05 Å². The number of aromatic nitrogens is 1. The summed E-state index contributed by atoms with van der Waals surface area (Å²) in [5.74, 6) is 0.203. The van der Waals surface area contributed by atoms with Gasteiger partial charge in [0.15, 0.2) is 0 Å². The summed E-state index contributed by atoms with van der Waals surface area (Å²) in [6, 6.07) is 8.57. The molecule has 1 aromatic heterocycles. The zero-order valence-corrected chi connectivity index (χ0v) is 11.7. The Morgan fingerprint density at radius 2 is 2.00 bits per heavy atom. The molecular weight excluding hydrogens is 278 g/mol. The third-order valence-corrected chi connectivity index (χ3v) is 3.84. The molecule has 0 fully saturated rings. The van der Waals surface area contributed by atoms with Crippen LogP contribution in [-0.4, -0.2) is 16.8 Å². The van der Waals surface area contributed by atoms with E-state index in [0.717, 1.165) is 5.52 Å². The van der Waals surface area contributed by atoms with Crippen molar-refractivity contribution in [1.29, 1.82) is 0 Å². The van der Waals surface area contributed by atoms with Gasteiger partial charge in [0.05, 0.1) is 23.5 Å². The topological polar surface area (TPSA) is 51.5 Å². The van der Waals surface area contributed by atoms with Gasteiger partial charge in [-0.2, -0.15) is 0 Å². The van der Waals surface area contributed by atoms with E-state index in [1.54, 1.807) is 23.7 Å². The highest BCUT2D eigenvalue weighted by atomic mass is 35.5. The molecule has 3 rings (SSSR count). The van der Waals surface area contributed by atoms with Crippen molar-refractivity contribution in [3.05, 3.63) is 45.6 Å². The molecule has 1 N–H and O–H groups in total. The predicted octanol–water partition coefficient (Wildman–Crippen LogP) is 3.06. The smallest absolute Gasteiger partial charge is 0.201 e. The van der Waals surface area contributed by atoms with E-state index in [0.29, 0.717) is 21.7 Å². The highest BCUT2D eigenvalue weighted by Gasteiger charge is 2.18. The number of nitrogens with zero attached hydrogens (tertiary/aromatic N) is 1. The fourth-order valence-corrected chi connectivity index (χ4v) is 2.86. The van der Waals surface area contributed by atoms with Crippen LogP contribution >= 0.6 is 11.6 Å². The van der Waals surface area contributed by atoms with Gasteiger partial charge in [0.2, 0.25) is 5.43 Å². The maximum Gasteiger partial charge on any atom is 0.201 e. The van der Waals surface area contributed by atoms with Crippen LogP contribution in [0.5, 0.6) is 11.5 Å². The number of aryl methyl sites for hydroxylation is 1. The van der Waals surface area contributed by atoms with E-state index in [1.807, 2.05) is 12.1 Å². The molecule has 0 saturated heterocycles. The Kier molecular flexibility index (Phi) is 2.83. The predicted molar refractivity (Wildman–Crippen MR) is 79.9 cm³/mol. The van der Waals surface area contributed by atoms with Crippen LogP contribution in [0.2, 0.25) is 5.02 Å². The minimum absolute atomic E-state index is 0.132. The van der Waals surface area contributed by atoms with Gasteiger partial charge in [-0.05, 0) is 12.1 Å². The molecule has 0 aliphatic carbocycles. The standard InChI is InChI=1S/C15H12ClNO3/c1-17-9-6-4-3-5-8(9)15(19)12-10(18)7-11(20-2)13(16)14(12)17/h3-7,18H,1-2H3. The first-order valence-electron chi connectivity index (χ1n) is 6.03. The van der Waals surface area contributed by atoms with Crippen molar-refractivity contribution in [3.63, 3.8) is 0 Å². The molecule has 0 saturated carbocycles. The van der Waals surface area contributed by atoms with Crippen LogP contribution in [0.25, 0.3) is 21.8 Å².